The molecule has 0 N–H and O–H groups in total. The van der Waals surface area contributed by atoms with Gasteiger partial charge in [0.1, 0.15) is 11.7 Å². The van der Waals surface area contributed by atoms with Gasteiger partial charge in [-0.25, -0.2) is 0 Å². The number of ether oxygens (including phenoxy) is 2. The highest BCUT2D eigenvalue weighted by molar-refractivity contribution is 5.75. The molecular formula is C13H24O4. The van der Waals surface area contributed by atoms with Crippen molar-refractivity contribution in [2.45, 2.75) is 66.6 Å². The van der Waals surface area contributed by atoms with E-state index in [2.05, 4.69) is 0 Å². The molecule has 100 valence electrons. The second-order valence-corrected chi connectivity index (χ2v) is 6.02. The van der Waals surface area contributed by atoms with Crippen molar-refractivity contribution < 1.29 is 19.1 Å². The Labute approximate surface area is 104 Å². The summed E-state index contributed by atoms with van der Waals surface area (Å²) >= 11 is 0. The highest BCUT2D eigenvalue weighted by Gasteiger charge is 2.32. The van der Waals surface area contributed by atoms with E-state index in [9.17, 15) is 9.59 Å². The zero-order chi connectivity index (χ0) is 13.9. The molecule has 0 spiro atoms. The third-order valence-corrected chi connectivity index (χ3v) is 2.13. The normalized spacial score (nSPS) is 14.1. The van der Waals surface area contributed by atoms with Gasteiger partial charge in [0.05, 0.1) is 5.41 Å². The van der Waals surface area contributed by atoms with Crippen molar-refractivity contribution in [3.63, 3.8) is 0 Å². The van der Waals surface area contributed by atoms with E-state index >= 15 is 0 Å². The van der Waals surface area contributed by atoms with Crippen LogP contribution in [-0.4, -0.2) is 23.6 Å². The van der Waals surface area contributed by atoms with E-state index in [0.29, 0.717) is 6.42 Å². The van der Waals surface area contributed by atoms with Crippen molar-refractivity contribution in [1.82, 2.24) is 0 Å². The largest absolute Gasteiger partial charge is 0.463 e. The Balaban J connectivity index is 4.39. The lowest BCUT2D eigenvalue weighted by Gasteiger charge is -2.31. The van der Waals surface area contributed by atoms with Gasteiger partial charge in [0, 0.05) is 13.3 Å². The lowest BCUT2D eigenvalue weighted by atomic mass is 9.95. The first-order chi connectivity index (χ1) is 7.44. The minimum atomic E-state index is -0.640. The number of hydrogen-bond acceptors (Lipinski definition) is 4. The van der Waals surface area contributed by atoms with Crippen LogP contribution in [0.4, 0.5) is 0 Å². The zero-order valence-electron chi connectivity index (χ0n) is 11.9. The number of hydrogen-bond donors (Lipinski definition) is 0. The second-order valence-electron chi connectivity index (χ2n) is 6.02. The fourth-order valence-corrected chi connectivity index (χ4v) is 1.46. The van der Waals surface area contributed by atoms with Crippen molar-refractivity contribution in [3.05, 3.63) is 0 Å². The first-order valence-electron chi connectivity index (χ1n) is 5.85. The van der Waals surface area contributed by atoms with Crippen LogP contribution in [0.2, 0.25) is 0 Å². The number of esters is 2. The van der Waals surface area contributed by atoms with Crippen molar-refractivity contribution in [2.24, 2.45) is 5.41 Å². The van der Waals surface area contributed by atoms with Crippen LogP contribution < -0.4 is 0 Å². The fourth-order valence-electron chi connectivity index (χ4n) is 1.46. The average molecular weight is 244 g/mol. The van der Waals surface area contributed by atoms with Gasteiger partial charge in [0.15, 0.2) is 0 Å². The summed E-state index contributed by atoms with van der Waals surface area (Å²) in [6.45, 7) is 12.2. The molecule has 0 amide bonds. The van der Waals surface area contributed by atoms with Crippen molar-refractivity contribution in [3.8, 4) is 0 Å². The molecule has 1 atom stereocenters. The molecule has 0 bridgehead atoms. The molecule has 0 aromatic rings. The molecule has 17 heavy (non-hydrogen) atoms. The summed E-state index contributed by atoms with van der Waals surface area (Å²) in [6.07, 6.45) is 0.212. The summed E-state index contributed by atoms with van der Waals surface area (Å²) in [5.74, 6) is -0.576. The maximum Gasteiger partial charge on any atom is 0.311 e. The summed E-state index contributed by atoms with van der Waals surface area (Å²) < 4.78 is 10.4. The summed E-state index contributed by atoms with van der Waals surface area (Å²) in [5, 5.41) is 0. The van der Waals surface area contributed by atoms with Gasteiger partial charge >= 0.3 is 11.9 Å². The minimum Gasteiger partial charge on any atom is -0.463 e. The molecule has 0 heterocycles. The Morgan fingerprint density at radius 3 is 1.94 bits per heavy atom. The summed E-state index contributed by atoms with van der Waals surface area (Å²) in [7, 11) is 0. The molecule has 0 rings (SSSR count). The number of carbonyl (C=O) groups excluding carboxylic acids is 2. The average Bonchev–Trinajstić information content (AvgIpc) is 1.96. The fraction of sp³-hybridized carbons (Fsp3) is 0.846. The predicted molar refractivity (Wildman–Crippen MR) is 65.5 cm³/mol. The molecule has 0 aromatic heterocycles. The lowest BCUT2D eigenvalue weighted by molar-refractivity contribution is -0.170. The Morgan fingerprint density at radius 1 is 1.12 bits per heavy atom. The van der Waals surface area contributed by atoms with Crippen LogP contribution in [0.25, 0.3) is 0 Å². The van der Waals surface area contributed by atoms with E-state index in [1.54, 1.807) is 27.7 Å². The molecule has 0 saturated carbocycles. The Bertz CT molecular complexity index is 286. The third kappa shape index (κ3) is 6.97. The zero-order valence-corrected chi connectivity index (χ0v) is 11.9. The molecule has 0 aliphatic carbocycles. The van der Waals surface area contributed by atoms with Gasteiger partial charge in [-0.3, -0.25) is 9.59 Å². The van der Waals surface area contributed by atoms with Gasteiger partial charge in [0.25, 0.3) is 0 Å². The van der Waals surface area contributed by atoms with Crippen LogP contribution in [0.3, 0.4) is 0 Å². The van der Waals surface area contributed by atoms with Crippen LogP contribution in [0, 0.1) is 5.41 Å². The topological polar surface area (TPSA) is 52.6 Å². The summed E-state index contributed by atoms with van der Waals surface area (Å²) in [5.41, 5.74) is -1.17. The SMILES string of the molecule is CC(=O)OC(C)CC(C)(C)OC(=O)C(C)(C)C. The standard InChI is InChI=1S/C13H24O4/c1-9(16-10(2)14)8-13(6,7)17-11(15)12(3,4)5/h9H,8H2,1-7H3. The van der Waals surface area contributed by atoms with Crippen LogP contribution in [0.15, 0.2) is 0 Å². The van der Waals surface area contributed by atoms with Gasteiger partial charge in [-0.1, -0.05) is 0 Å². The number of rotatable bonds is 4. The predicted octanol–water partition coefficient (Wildman–Crippen LogP) is 2.70. The highest BCUT2D eigenvalue weighted by atomic mass is 16.6. The summed E-state index contributed by atoms with van der Waals surface area (Å²) in [4.78, 5) is 22.5. The molecule has 0 fully saturated rings. The van der Waals surface area contributed by atoms with Gasteiger partial charge < -0.3 is 9.47 Å². The second kappa shape index (κ2) is 5.52. The summed E-state index contributed by atoms with van der Waals surface area (Å²) in [6, 6.07) is 0. The van der Waals surface area contributed by atoms with E-state index in [1.807, 2.05) is 13.8 Å². The van der Waals surface area contributed by atoms with E-state index in [4.69, 9.17) is 9.47 Å². The first-order valence-corrected chi connectivity index (χ1v) is 5.85. The Kier molecular flexibility index (Phi) is 5.17. The molecule has 1 unspecified atom stereocenters. The molecular weight excluding hydrogens is 220 g/mol. The maximum absolute atomic E-state index is 11.8. The van der Waals surface area contributed by atoms with Crippen LogP contribution in [0.5, 0.6) is 0 Å². The molecule has 0 saturated heterocycles. The van der Waals surface area contributed by atoms with E-state index < -0.39 is 11.0 Å². The smallest absolute Gasteiger partial charge is 0.311 e. The van der Waals surface area contributed by atoms with Crippen LogP contribution in [0.1, 0.15) is 54.9 Å². The highest BCUT2D eigenvalue weighted by Crippen LogP contribution is 2.24. The van der Waals surface area contributed by atoms with Crippen LogP contribution in [-0.2, 0) is 19.1 Å². The van der Waals surface area contributed by atoms with Crippen molar-refractivity contribution >= 4 is 11.9 Å². The lowest BCUT2D eigenvalue weighted by Crippen LogP contribution is -2.37. The number of carbonyl (C=O) groups is 2. The van der Waals surface area contributed by atoms with E-state index in [-0.39, 0.29) is 18.0 Å². The quantitative estimate of drug-likeness (QED) is 0.713. The van der Waals surface area contributed by atoms with Gasteiger partial charge in [-0.15, -0.1) is 0 Å². The van der Waals surface area contributed by atoms with Crippen LogP contribution >= 0.6 is 0 Å². The molecule has 0 radical (unpaired) electrons. The maximum atomic E-state index is 11.8. The molecule has 4 nitrogen and oxygen atoms in total. The van der Waals surface area contributed by atoms with Gasteiger partial charge in [-0.2, -0.15) is 0 Å². The van der Waals surface area contributed by atoms with E-state index in [0.717, 1.165) is 0 Å². The third-order valence-electron chi connectivity index (χ3n) is 2.13. The molecule has 0 aliphatic rings. The van der Waals surface area contributed by atoms with Crippen molar-refractivity contribution in [2.75, 3.05) is 0 Å². The van der Waals surface area contributed by atoms with Gasteiger partial charge in [-0.05, 0) is 41.5 Å². The minimum absolute atomic E-state index is 0.252. The molecule has 0 aliphatic heterocycles. The monoisotopic (exact) mass is 244 g/mol. The first kappa shape index (κ1) is 15.9. The Morgan fingerprint density at radius 2 is 1.59 bits per heavy atom. The molecule has 4 heteroatoms. The molecule has 0 aromatic carbocycles. The van der Waals surface area contributed by atoms with Gasteiger partial charge in [0.2, 0.25) is 0 Å². The Hall–Kier alpha value is -1.06. The van der Waals surface area contributed by atoms with Crippen molar-refractivity contribution in [1.29, 1.82) is 0 Å². The van der Waals surface area contributed by atoms with E-state index in [1.165, 1.54) is 6.92 Å².